The molecule has 3 nitrogen and oxygen atoms in total. The molecule has 0 saturated heterocycles. The van der Waals surface area contributed by atoms with E-state index in [-0.39, 0.29) is 12.2 Å². The molecular weight excluding hydrogens is 238 g/mol. The summed E-state index contributed by atoms with van der Waals surface area (Å²) in [5.74, 6) is -0.750. The Morgan fingerprint density at radius 1 is 1.41 bits per heavy atom. The van der Waals surface area contributed by atoms with E-state index in [1.165, 1.54) is 11.0 Å². The number of carbonyl (C=O) groups is 2. The second-order valence-corrected chi connectivity index (χ2v) is 4.65. The quantitative estimate of drug-likeness (QED) is 0.459. The van der Waals surface area contributed by atoms with Gasteiger partial charge in [-0.2, -0.15) is 0 Å². The summed E-state index contributed by atoms with van der Waals surface area (Å²) in [6.07, 6.45) is 1.62. The van der Waals surface area contributed by atoms with E-state index >= 15 is 0 Å². The van der Waals surface area contributed by atoms with Crippen LogP contribution in [0.1, 0.15) is 16.8 Å². The van der Waals surface area contributed by atoms with Gasteiger partial charge in [-0.05, 0) is 12.1 Å². The Morgan fingerprint density at radius 3 is 2.71 bits per heavy atom. The number of ketones is 1. The van der Waals surface area contributed by atoms with E-state index in [1.54, 1.807) is 31.3 Å². The Hall–Kier alpha value is -1.61. The van der Waals surface area contributed by atoms with Gasteiger partial charge in [0.15, 0.2) is 10.7 Å². The van der Waals surface area contributed by atoms with E-state index in [0.717, 1.165) is 0 Å². The number of hydrogen-bond acceptors (Lipinski definition) is 2. The Morgan fingerprint density at radius 2 is 2.06 bits per heavy atom. The van der Waals surface area contributed by atoms with E-state index in [0.29, 0.717) is 11.3 Å². The molecule has 1 amide bonds. The van der Waals surface area contributed by atoms with E-state index in [2.05, 4.69) is 6.58 Å². The summed E-state index contributed by atoms with van der Waals surface area (Å²) in [7, 11) is 1.62. The molecule has 0 aromatic heterocycles. The average Bonchev–Trinajstić information content (AvgIpc) is 2.35. The number of carbonyl (C=O) groups excluding carboxylic acids is 2. The average molecular weight is 250 g/mol. The fourth-order valence-electron chi connectivity index (χ4n) is 2.02. The molecule has 0 saturated carbocycles. The molecule has 17 heavy (non-hydrogen) atoms. The lowest BCUT2D eigenvalue weighted by atomic mass is 9.87. The minimum absolute atomic E-state index is 0.130. The van der Waals surface area contributed by atoms with Crippen molar-refractivity contribution in [1.82, 2.24) is 0 Å². The predicted molar refractivity (Wildman–Crippen MR) is 67.6 cm³/mol. The zero-order valence-electron chi connectivity index (χ0n) is 9.44. The van der Waals surface area contributed by atoms with Crippen molar-refractivity contribution < 1.29 is 9.59 Å². The number of para-hydroxylation sites is 1. The van der Waals surface area contributed by atoms with Crippen molar-refractivity contribution in [2.75, 3.05) is 11.9 Å². The first-order chi connectivity index (χ1) is 8.02. The minimum Gasteiger partial charge on any atom is -0.313 e. The van der Waals surface area contributed by atoms with E-state index in [1.807, 2.05) is 0 Å². The van der Waals surface area contributed by atoms with Crippen molar-refractivity contribution >= 4 is 29.0 Å². The lowest BCUT2D eigenvalue weighted by Crippen LogP contribution is -2.53. The zero-order valence-corrected chi connectivity index (χ0v) is 10.2. The van der Waals surface area contributed by atoms with E-state index < -0.39 is 10.8 Å². The monoisotopic (exact) mass is 249 g/mol. The van der Waals surface area contributed by atoms with Gasteiger partial charge in [0.1, 0.15) is 0 Å². The molecule has 1 atom stereocenters. The van der Waals surface area contributed by atoms with Crippen LogP contribution in [0.25, 0.3) is 0 Å². The Balaban J connectivity index is 2.62. The lowest BCUT2D eigenvalue weighted by molar-refractivity contribution is -0.119. The molecule has 0 radical (unpaired) electrons. The van der Waals surface area contributed by atoms with Gasteiger partial charge < -0.3 is 4.90 Å². The number of allylic oxidation sites excluding steroid dienone is 1. The van der Waals surface area contributed by atoms with Gasteiger partial charge in [-0.15, -0.1) is 6.58 Å². The number of anilines is 1. The number of Topliss-reactive ketones (excluding diaryl/α,β-unsaturated/α-hetero) is 1. The Bertz CT molecular complexity index is 512. The van der Waals surface area contributed by atoms with Gasteiger partial charge in [0.2, 0.25) is 0 Å². The van der Waals surface area contributed by atoms with Crippen LogP contribution >= 0.6 is 11.6 Å². The third-order valence-electron chi connectivity index (χ3n) is 2.94. The maximum atomic E-state index is 12.3. The third-order valence-corrected chi connectivity index (χ3v) is 3.43. The van der Waals surface area contributed by atoms with Crippen LogP contribution in [0, 0.1) is 0 Å². The largest absolute Gasteiger partial charge is 0.313 e. The molecule has 0 N–H and O–H groups in total. The second-order valence-electron chi connectivity index (χ2n) is 4.00. The molecule has 0 spiro atoms. The van der Waals surface area contributed by atoms with Crippen LogP contribution in [-0.4, -0.2) is 23.6 Å². The number of nitrogens with zero attached hydrogens (tertiary/aromatic N) is 1. The number of amides is 1. The molecule has 1 aromatic rings. The molecule has 0 aliphatic carbocycles. The van der Waals surface area contributed by atoms with Gasteiger partial charge in [0.25, 0.3) is 5.91 Å². The maximum Gasteiger partial charge on any atom is 0.256 e. The van der Waals surface area contributed by atoms with Crippen LogP contribution in [0.5, 0.6) is 0 Å². The molecule has 88 valence electrons. The van der Waals surface area contributed by atoms with Gasteiger partial charge >= 0.3 is 0 Å². The third kappa shape index (κ3) is 1.58. The number of fused-ring (bicyclic) bond motifs is 1. The highest BCUT2D eigenvalue weighted by atomic mass is 35.5. The number of alkyl halides is 1. The summed E-state index contributed by atoms with van der Waals surface area (Å²) in [5, 5.41) is 0. The molecule has 1 aliphatic heterocycles. The molecule has 1 unspecified atom stereocenters. The molecule has 1 aliphatic rings. The normalized spacial score (nSPS) is 23.5. The maximum absolute atomic E-state index is 12.3. The van der Waals surface area contributed by atoms with Crippen molar-refractivity contribution in [3.05, 3.63) is 42.5 Å². The topological polar surface area (TPSA) is 37.4 Å². The van der Waals surface area contributed by atoms with E-state index in [9.17, 15) is 9.59 Å². The fourth-order valence-corrected chi connectivity index (χ4v) is 2.36. The van der Waals surface area contributed by atoms with Crippen molar-refractivity contribution in [3.8, 4) is 0 Å². The predicted octanol–water partition coefficient (Wildman–Crippen LogP) is 2.40. The zero-order chi connectivity index (χ0) is 12.6. The molecule has 0 fully saturated rings. The number of hydrogen-bond donors (Lipinski definition) is 0. The van der Waals surface area contributed by atoms with Crippen LogP contribution in [0.3, 0.4) is 0 Å². The molecule has 4 heteroatoms. The number of rotatable bonds is 2. The molecular formula is C13H12ClNO2. The summed E-state index contributed by atoms with van der Waals surface area (Å²) >= 11 is 6.19. The summed E-state index contributed by atoms with van der Waals surface area (Å²) in [6, 6.07) is 6.95. The van der Waals surface area contributed by atoms with Crippen molar-refractivity contribution in [3.63, 3.8) is 0 Å². The fraction of sp³-hybridized carbons (Fsp3) is 0.231. The smallest absolute Gasteiger partial charge is 0.256 e. The van der Waals surface area contributed by atoms with Crippen LogP contribution in [0.15, 0.2) is 36.9 Å². The summed E-state index contributed by atoms with van der Waals surface area (Å²) < 4.78 is 0. The van der Waals surface area contributed by atoms with Gasteiger partial charge in [-0.3, -0.25) is 9.59 Å². The molecule has 1 aromatic carbocycles. The van der Waals surface area contributed by atoms with Gasteiger partial charge in [-0.1, -0.05) is 29.8 Å². The van der Waals surface area contributed by atoms with Crippen LogP contribution in [-0.2, 0) is 4.79 Å². The number of benzene rings is 1. The van der Waals surface area contributed by atoms with Crippen LogP contribution in [0.4, 0.5) is 5.69 Å². The van der Waals surface area contributed by atoms with Crippen molar-refractivity contribution in [1.29, 1.82) is 0 Å². The highest BCUT2D eigenvalue weighted by molar-refractivity contribution is 6.52. The second kappa shape index (κ2) is 4.00. The van der Waals surface area contributed by atoms with Gasteiger partial charge in [0.05, 0.1) is 5.69 Å². The summed E-state index contributed by atoms with van der Waals surface area (Å²) in [4.78, 5) is 24.3. The molecule has 2 rings (SSSR count). The minimum atomic E-state index is -1.54. The summed E-state index contributed by atoms with van der Waals surface area (Å²) in [6.45, 7) is 3.54. The van der Waals surface area contributed by atoms with E-state index in [4.69, 9.17) is 11.6 Å². The Labute approximate surface area is 105 Å². The van der Waals surface area contributed by atoms with Gasteiger partial charge in [0, 0.05) is 19.0 Å². The van der Waals surface area contributed by atoms with Crippen molar-refractivity contribution in [2.45, 2.75) is 11.3 Å². The Kier molecular flexibility index (Phi) is 2.79. The highest BCUT2D eigenvalue weighted by Crippen LogP contribution is 2.37. The van der Waals surface area contributed by atoms with Crippen LogP contribution in [0.2, 0.25) is 0 Å². The lowest BCUT2D eigenvalue weighted by Gasteiger charge is -2.35. The van der Waals surface area contributed by atoms with Crippen molar-refractivity contribution in [2.24, 2.45) is 0 Å². The van der Waals surface area contributed by atoms with Gasteiger partial charge in [-0.25, -0.2) is 0 Å². The van der Waals surface area contributed by atoms with Crippen LogP contribution < -0.4 is 4.90 Å². The molecule has 1 heterocycles. The first kappa shape index (κ1) is 11.9. The SMILES string of the molecule is C=CCC1(Cl)C(=O)c2ccccc2N(C)C1=O. The standard InChI is InChI=1S/C13H12ClNO2/c1-3-8-13(14)11(16)9-6-4-5-7-10(9)15(2)12(13)17/h3-7H,1,8H2,2H3. The number of halogens is 1. The first-order valence-corrected chi connectivity index (χ1v) is 5.62. The molecule has 0 bridgehead atoms. The first-order valence-electron chi connectivity index (χ1n) is 5.24. The summed E-state index contributed by atoms with van der Waals surface area (Å²) in [5.41, 5.74) is 1.08. The highest BCUT2D eigenvalue weighted by Gasteiger charge is 2.49.